The predicted molar refractivity (Wildman–Crippen MR) is 79.6 cm³/mol. The molecule has 1 aromatic carbocycles. The van der Waals surface area contributed by atoms with E-state index in [2.05, 4.69) is 18.8 Å². The fourth-order valence-electron chi connectivity index (χ4n) is 3.02. The maximum absolute atomic E-state index is 10.8. The lowest BCUT2D eigenvalue weighted by atomic mass is 9.71. The van der Waals surface area contributed by atoms with Crippen molar-refractivity contribution >= 4 is 6.08 Å². The first-order valence-electron chi connectivity index (χ1n) is 7.46. The second kappa shape index (κ2) is 4.88. The number of fused-ring (bicyclic) bond motifs is 1. The zero-order chi connectivity index (χ0) is 15.1. The Morgan fingerprint density at radius 1 is 1.14 bits per heavy atom. The number of isocyanates is 1. The van der Waals surface area contributed by atoms with Crippen molar-refractivity contribution in [2.45, 2.75) is 45.6 Å². The molecule has 4 nitrogen and oxygen atoms in total. The molecule has 0 aromatic heterocycles. The summed E-state index contributed by atoms with van der Waals surface area (Å²) in [5, 5.41) is 0. The molecule has 1 fully saturated rings. The second-order valence-electron chi connectivity index (χ2n) is 6.94. The van der Waals surface area contributed by atoms with Gasteiger partial charge in [-0.2, -0.15) is 4.99 Å². The highest BCUT2D eigenvalue weighted by atomic mass is 16.5. The van der Waals surface area contributed by atoms with Crippen molar-refractivity contribution in [3.63, 3.8) is 0 Å². The summed E-state index contributed by atoms with van der Waals surface area (Å²) in [6.07, 6.45) is 4.63. The highest BCUT2D eigenvalue weighted by Crippen LogP contribution is 2.48. The van der Waals surface area contributed by atoms with Crippen LogP contribution in [-0.2, 0) is 10.3 Å². The van der Waals surface area contributed by atoms with Crippen molar-refractivity contribution in [3.05, 3.63) is 23.3 Å². The normalized spacial score (nSPS) is 21.7. The Labute approximate surface area is 125 Å². The zero-order valence-corrected chi connectivity index (χ0v) is 12.9. The van der Waals surface area contributed by atoms with Crippen molar-refractivity contribution in [1.29, 1.82) is 0 Å². The van der Waals surface area contributed by atoms with E-state index in [0.717, 1.165) is 41.9 Å². The van der Waals surface area contributed by atoms with E-state index >= 15 is 0 Å². The average Bonchev–Trinajstić information content (AvgIpc) is 2.53. The molecule has 0 unspecified atom stereocenters. The number of hydrogen-bond donors (Lipinski definition) is 0. The molecule has 1 saturated carbocycles. The molecule has 0 atom stereocenters. The van der Waals surface area contributed by atoms with E-state index in [1.165, 1.54) is 0 Å². The van der Waals surface area contributed by atoms with E-state index < -0.39 is 5.54 Å². The van der Waals surface area contributed by atoms with Crippen molar-refractivity contribution in [1.82, 2.24) is 0 Å². The van der Waals surface area contributed by atoms with Crippen LogP contribution in [-0.4, -0.2) is 19.3 Å². The van der Waals surface area contributed by atoms with Gasteiger partial charge in [-0.05, 0) is 49.4 Å². The van der Waals surface area contributed by atoms with E-state index in [-0.39, 0.29) is 5.41 Å². The van der Waals surface area contributed by atoms with Crippen molar-refractivity contribution in [2.24, 2.45) is 10.4 Å². The van der Waals surface area contributed by atoms with Crippen LogP contribution in [0.25, 0.3) is 0 Å². The van der Waals surface area contributed by atoms with Gasteiger partial charge in [-0.15, -0.1) is 0 Å². The number of nitrogens with zero attached hydrogens (tertiary/aromatic N) is 1. The van der Waals surface area contributed by atoms with Crippen molar-refractivity contribution < 1.29 is 14.3 Å². The van der Waals surface area contributed by atoms with Gasteiger partial charge in [0, 0.05) is 5.41 Å². The molecule has 3 rings (SSSR count). The van der Waals surface area contributed by atoms with Gasteiger partial charge in [0.25, 0.3) is 0 Å². The number of ether oxygens (including phenoxy) is 2. The maximum atomic E-state index is 10.8. The average molecular weight is 287 g/mol. The molecular formula is C17H21NO3. The molecule has 1 aliphatic carbocycles. The van der Waals surface area contributed by atoms with Crippen LogP contribution < -0.4 is 9.47 Å². The molecule has 1 heterocycles. The Kier molecular flexibility index (Phi) is 3.29. The summed E-state index contributed by atoms with van der Waals surface area (Å²) < 4.78 is 11.8. The maximum Gasteiger partial charge on any atom is 0.235 e. The molecule has 21 heavy (non-hydrogen) atoms. The second-order valence-corrected chi connectivity index (χ2v) is 6.94. The van der Waals surface area contributed by atoms with Crippen LogP contribution in [0.2, 0.25) is 0 Å². The predicted octanol–water partition coefficient (Wildman–Crippen LogP) is 3.51. The van der Waals surface area contributed by atoms with Crippen LogP contribution in [0.5, 0.6) is 11.5 Å². The van der Waals surface area contributed by atoms with Crippen LogP contribution in [0.4, 0.5) is 0 Å². The Morgan fingerprint density at radius 3 is 2.29 bits per heavy atom. The number of rotatable bonds is 2. The largest absolute Gasteiger partial charge is 0.489 e. The van der Waals surface area contributed by atoms with Gasteiger partial charge in [0.1, 0.15) is 0 Å². The summed E-state index contributed by atoms with van der Waals surface area (Å²) in [4.78, 5) is 14.9. The molecule has 0 saturated heterocycles. The van der Waals surface area contributed by atoms with Gasteiger partial charge < -0.3 is 9.47 Å². The van der Waals surface area contributed by atoms with Gasteiger partial charge in [-0.25, -0.2) is 4.79 Å². The summed E-state index contributed by atoms with van der Waals surface area (Å²) in [7, 11) is 0. The number of hydrogen-bond acceptors (Lipinski definition) is 4. The van der Waals surface area contributed by atoms with E-state index in [1.54, 1.807) is 6.08 Å². The molecule has 0 spiro atoms. The summed E-state index contributed by atoms with van der Waals surface area (Å²) in [6.45, 7) is 7.53. The standard InChI is InChI=1S/C17H21NO3/c1-12-7-14-15(21-10-16(2,3)9-20-14)8-13(12)17(18-11-19)5-4-6-17/h7-8H,4-6,9-10H2,1-3H3. The number of benzene rings is 1. The van der Waals surface area contributed by atoms with Crippen molar-refractivity contribution in [3.8, 4) is 11.5 Å². The van der Waals surface area contributed by atoms with Crippen LogP contribution in [0.3, 0.4) is 0 Å². The Morgan fingerprint density at radius 2 is 1.76 bits per heavy atom. The third kappa shape index (κ3) is 2.44. The molecule has 0 bridgehead atoms. The van der Waals surface area contributed by atoms with Gasteiger partial charge in [-0.1, -0.05) is 13.8 Å². The smallest absolute Gasteiger partial charge is 0.235 e. The molecule has 1 aromatic rings. The molecule has 4 heteroatoms. The van der Waals surface area contributed by atoms with E-state index in [1.807, 2.05) is 19.1 Å². The minimum Gasteiger partial charge on any atom is -0.489 e. The summed E-state index contributed by atoms with van der Waals surface area (Å²) in [5.41, 5.74) is 1.75. The first-order chi connectivity index (χ1) is 9.96. The molecule has 0 radical (unpaired) electrons. The topological polar surface area (TPSA) is 47.9 Å². The molecule has 2 aliphatic rings. The zero-order valence-electron chi connectivity index (χ0n) is 12.9. The summed E-state index contributed by atoms with van der Waals surface area (Å²) in [5.74, 6) is 1.54. The minimum atomic E-state index is -0.397. The molecule has 0 amide bonds. The SMILES string of the molecule is Cc1cc2c(cc1C1(N=C=O)CCC1)OCC(C)(C)CO2. The van der Waals surface area contributed by atoms with Crippen molar-refractivity contribution in [2.75, 3.05) is 13.2 Å². The number of carbonyl (C=O) groups excluding carboxylic acids is 1. The molecule has 112 valence electrons. The third-order valence-corrected chi connectivity index (χ3v) is 4.47. The van der Waals surface area contributed by atoms with Gasteiger partial charge in [0.2, 0.25) is 6.08 Å². The first kappa shape index (κ1) is 14.2. The highest BCUT2D eigenvalue weighted by molar-refractivity contribution is 5.52. The quantitative estimate of drug-likeness (QED) is 0.618. The lowest BCUT2D eigenvalue weighted by Crippen LogP contribution is -2.32. The lowest BCUT2D eigenvalue weighted by Gasteiger charge is -2.38. The monoisotopic (exact) mass is 287 g/mol. The van der Waals surface area contributed by atoms with Gasteiger partial charge in [0.15, 0.2) is 11.5 Å². The number of aryl methyl sites for hydroxylation is 1. The summed E-state index contributed by atoms with van der Waals surface area (Å²) in [6, 6.07) is 4.01. The molecule has 1 aliphatic heterocycles. The fourth-order valence-corrected chi connectivity index (χ4v) is 3.02. The van der Waals surface area contributed by atoms with Crippen LogP contribution >= 0.6 is 0 Å². The van der Waals surface area contributed by atoms with Gasteiger partial charge in [0.05, 0.1) is 18.8 Å². The Bertz CT molecular complexity index is 611. The molecular weight excluding hydrogens is 266 g/mol. The fraction of sp³-hybridized carbons (Fsp3) is 0.588. The van der Waals surface area contributed by atoms with E-state index in [0.29, 0.717) is 13.2 Å². The Hall–Kier alpha value is -1.80. The highest BCUT2D eigenvalue weighted by Gasteiger charge is 2.41. The van der Waals surface area contributed by atoms with Gasteiger partial charge in [-0.3, -0.25) is 0 Å². The minimum absolute atomic E-state index is 0.0117. The van der Waals surface area contributed by atoms with Crippen LogP contribution in [0, 0.1) is 12.3 Å². The van der Waals surface area contributed by atoms with Gasteiger partial charge >= 0.3 is 0 Å². The van der Waals surface area contributed by atoms with Crippen LogP contribution in [0.1, 0.15) is 44.2 Å². The lowest BCUT2D eigenvalue weighted by molar-refractivity contribution is 0.140. The van der Waals surface area contributed by atoms with E-state index in [4.69, 9.17) is 9.47 Å². The first-order valence-corrected chi connectivity index (χ1v) is 7.46. The number of aliphatic imine (C=N–C) groups is 1. The molecule has 0 N–H and O–H groups in total. The van der Waals surface area contributed by atoms with Crippen LogP contribution in [0.15, 0.2) is 17.1 Å². The summed E-state index contributed by atoms with van der Waals surface area (Å²) >= 11 is 0. The third-order valence-electron chi connectivity index (χ3n) is 4.47. The Balaban J connectivity index is 2.02. The van der Waals surface area contributed by atoms with E-state index in [9.17, 15) is 4.79 Å².